The maximum atomic E-state index is 11.5. The number of benzene rings is 2. The molecule has 0 aromatic heterocycles. The summed E-state index contributed by atoms with van der Waals surface area (Å²) in [6, 6.07) is 16.2. The van der Waals surface area contributed by atoms with Gasteiger partial charge in [0.1, 0.15) is 0 Å². The molecule has 0 amide bonds. The minimum atomic E-state index is -3.20. The van der Waals surface area contributed by atoms with Crippen LogP contribution in [0.2, 0.25) is 0 Å². The highest BCUT2D eigenvalue weighted by Crippen LogP contribution is 2.30. The number of rotatable bonds is 5. The maximum Gasteiger partial charge on any atom is 0.175 e. The fourth-order valence-electron chi connectivity index (χ4n) is 2.22. The lowest BCUT2D eigenvalue weighted by molar-refractivity contribution is 0.286. The van der Waals surface area contributed by atoms with Gasteiger partial charge in [-0.3, -0.25) is 0 Å². The van der Waals surface area contributed by atoms with Gasteiger partial charge in [0.25, 0.3) is 0 Å². The van der Waals surface area contributed by atoms with Gasteiger partial charge in [0, 0.05) is 12.2 Å². The fourth-order valence-corrected chi connectivity index (χ4v) is 2.85. The molecule has 0 saturated heterocycles. The van der Waals surface area contributed by atoms with Gasteiger partial charge in [-0.05, 0) is 28.8 Å². The summed E-state index contributed by atoms with van der Waals surface area (Å²) in [4.78, 5) is 0.277. The summed E-state index contributed by atoms with van der Waals surface area (Å²) in [6.07, 6.45) is 1.18. The summed E-state index contributed by atoms with van der Waals surface area (Å²) in [5.41, 5.74) is 2.58. The van der Waals surface area contributed by atoms with E-state index in [1.807, 2.05) is 30.3 Å². The molecule has 2 rings (SSSR count). The van der Waals surface area contributed by atoms with Crippen LogP contribution in [0.5, 0.6) is 0 Å². The summed E-state index contributed by atoms with van der Waals surface area (Å²) in [5, 5.41) is 9.64. The molecule has 0 fully saturated rings. The van der Waals surface area contributed by atoms with Crippen molar-refractivity contribution in [2.75, 3.05) is 12.9 Å². The quantitative estimate of drug-likeness (QED) is 0.924. The molecule has 0 bridgehead atoms. The molecule has 1 atom stereocenters. The van der Waals surface area contributed by atoms with E-state index < -0.39 is 9.84 Å². The largest absolute Gasteiger partial charge is 0.395 e. The average molecular weight is 302 g/mol. The minimum absolute atomic E-state index is 0.0450. The maximum absolute atomic E-state index is 11.5. The second-order valence-corrected chi connectivity index (χ2v) is 6.98. The van der Waals surface area contributed by atoms with Crippen LogP contribution in [0.3, 0.4) is 0 Å². The zero-order valence-corrected chi connectivity index (χ0v) is 12.7. The lowest BCUT2D eigenvalue weighted by Crippen LogP contribution is -2.06. The lowest BCUT2D eigenvalue weighted by Gasteiger charge is -2.18. The van der Waals surface area contributed by atoms with Gasteiger partial charge in [-0.1, -0.05) is 49.0 Å². The number of sulfone groups is 1. The van der Waals surface area contributed by atoms with E-state index in [4.69, 9.17) is 0 Å². The lowest BCUT2D eigenvalue weighted by atomic mass is 9.88. The van der Waals surface area contributed by atoms with E-state index in [0.717, 1.165) is 16.7 Å². The first-order valence-electron chi connectivity index (χ1n) is 6.58. The number of aliphatic hydroxyl groups is 1. The van der Waals surface area contributed by atoms with Gasteiger partial charge in [-0.15, -0.1) is 0 Å². The Morgan fingerprint density at radius 1 is 1.10 bits per heavy atom. The summed E-state index contributed by atoms with van der Waals surface area (Å²) in [6.45, 7) is 4.01. The van der Waals surface area contributed by atoms with E-state index in [0.29, 0.717) is 0 Å². The summed E-state index contributed by atoms with van der Waals surface area (Å²) in [7, 11) is -3.20. The van der Waals surface area contributed by atoms with Crippen LogP contribution in [0.4, 0.5) is 0 Å². The van der Waals surface area contributed by atoms with E-state index in [2.05, 4.69) is 6.58 Å². The van der Waals surface area contributed by atoms with E-state index in [9.17, 15) is 13.5 Å². The summed E-state index contributed by atoms with van der Waals surface area (Å²) >= 11 is 0. The Morgan fingerprint density at radius 3 is 2.14 bits per heavy atom. The third-order valence-corrected chi connectivity index (χ3v) is 4.59. The van der Waals surface area contributed by atoms with Crippen molar-refractivity contribution in [3.8, 4) is 0 Å². The van der Waals surface area contributed by atoms with Crippen LogP contribution in [-0.2, 0) is 9.84 Å². The molecule has 110 valence electrons. The predicted octanol–water partition coefficient (Wildman–Crippen LogP) is 2.88. The Bertz CT molecular complexity index is 716. The van der Waals surface area contributed by atoms with Crippen LogP contribution in [0.25, 0.3) is 5.57 Å². The third kappa shape index (κ3) is 3.60. The molecule has 2 aromatic carbocycles. The smallest absolute Gasteiger partial charge is 0.175 e. The first-order chi connectivity index (χ1) is 9.93. The van der Waals surface area contributed by atoms with Gasteiger partial charge < -0.3 is 5.11 Å². The minimum Gasteiger partial charge on any atom is -0.395 e. The van der Waals surface area contributed by atoms with Crippen LogP contribution >= 0.6 is 0 Å². The molecule has 0 heterocycles. The second kappa shape index (κ2) is 6.24. The van der Waals surface area contributed by atoms with E-state index in [1.54, 1.807) is 24.3 Å². The zero-order valence-electron chi connectivity index (χ0n) is 11.9. The second-order valence-electron chi connectivity index (χ2n) is 4.97. The van der Waals surface area contributed by atoms with E-state index in [-0.39, 0.29) is 17.4 Å². The Hall–Kier alpha value is -1.91. The molecule has 0 radical (unpaired) electrons. The van der Waals surface area contributed by atoms with E-state index in [1.165, 1.54) is 6.26 Å². The van der Waals surface area contributed by atoms with Crippen LogP contribution in [0, 0.1) is 0 Å². The number of aliphatic hydroxyl groups excluding tert-OH is 1. The molecule has 4 heteroatoms. The first kappa shape index (κ1) is 15.5. The van der Waals surface area contributed by atoms with Crippen molar-refractivity contribution < 1.29 is 13.5 Å². The topological polar surface area (TPSA) is 54.4 Å². The number of hydrogen-bond acceptors (Lipinski definition) is 3. The Labute approximate surface area is 125 Å². The molecule has 0 aliphatic heterocycles. The van der Waals surface area contributed by atoms with Gasteiger partial charge >= 0.3 is 0 Å². The Kier molecular flexibility index (Phi) is 4.60. The molecular weight excluding hydrogens is 284 g/mol. The van der Waals surface area contributed by atoms with Crippen molar-refractivity contribution in [3.05, 3.63) is 72.3 Å². The molecule has 1 unspecified atom stereocenters. The molecule has 2 aromatic rings. The van der Waals surface area contributed by atoms with E-state index >= 15 is 0 Å². The van der Waals surface area contributed by atoms with Gasteiger partial charge in [0.15, 0.2) is 9.84 Å². The van der Waals surface area contributed by atoms with Gasteiger partial charge in [0.05, 0.1) is 11.5 Å². The van der Waals surface area contributed by atoms with Crippen molar-refractivity contribution in [1.29, 1.82) is 0 Å². The molecule has 0 spiro atoms. The van der Waals surface area contributed by atoms with Crippen LogP contribution in [-0.4, -0.2) is 26.4 Å². The standard InChI is InChI=1S/C17H18O3S/c1-13(17(12-18)15-6-4-3-5-7-15)14-8-10-16(11-9-14)21(2,19)20/h3-11,17-18H,1,12H2,2H3. The first-order valence-corrected chi connectivity index (χ1v) is 8.47. The highest BCUT2D eigenvalue weighted by atomic mass is 32.2. The molecule has 1 N–H and O–H groups in total. The van der Waals surface area contributed by atoms with Crippen LogP contribution in [0.1, 0.15) is 17.0 Å². The monoisotopic (exact) mass is 302 g/mol. The molecule has 0 aliphatic rings. The van der Waals surface area contributed by atoms with Crippen LogP contribution in [0.15, 0.2) is 66.1 Å². The van der Waals surface area contributed by atoms with Crippen molar-refractivity contribution in [3.63, 3.8) is 0 Å². The van der Waals surface area contributed by atoms with Crippen molar-refractivity contribution in [1.82, 2.24) is 0 Å². The number of hydrogen-bond donors (Lipinski definition) is 1. The SMILES string of the molecule is C=C(c1ccc(S(C)(=O)=O)cc1)C(CO)c1ccccc1. The third-order valence-electron chi connectivity index (χ3n) is 3.46. The molecule has 0 aliphatic carbocycles. The molecule has 21 heavy (non-hydrogen) atoms. The van der Waals surface area contributed by atoms with Crippen molar-refractivity contribution in [2.24, 2.45) is 0 Å². The molecular formula is C17H18O3S. The molecule has 0 saturated carbocycles. The fraction of sp³-hybridized carbons (Fsp3) is 0.176. The van der Waals surface area contributed by atoms with Crippen molar-refractivity contribution in [2.45, 2.75) is 10.8 Å². The van der Waals surface area contributed by atoms with Gasteiger partial charge in [0.2, 0.25) is 0 Å². The Morgan fingerprint density at radius 2 is 1.67 bits per heavy atom. The van der Waals surface area contributed by atoms with Gasteiger partial charge in [-0.25, -0.2) is 8.42 Å². The normalized spacial score (nSPS) is 12.9. The summed E-state index contributed by atoms with van der Waals surface area (Å²) in [5.74, 6) is -0.199. The van der Waals surface area contributed by atoms with Crippen molar-refractivity contribution >= 4 is 15.4 Å². The Balaban J connectivity index is 2.31. The molecule has 3 nitrogen and oxygen atoms in total. The highest BCUT2D eigenvalue weighted by Gasteiger charge is 2.16. The van der Waals surface area contributed by atoms with Gasteiger partial charge in [-0.2, -0.15) is 0 Å². The van der Waals surface area contributed by atoms with Crippen LogP contribution < -0.4 is 0 Å². The predicted molar refractivity (Wildman–Crippen MR) is 84.9 cm³/mol. The summed E-state index contributed by atoms with van der Waals surface area (Å²) < 4.78 is 22.9. The highest BCUT2D eigenvalue weighted by molar-refractivity contribution is 7.90. The zero-order chi connectivity index (χ0) is 15.5. The average Bonchev–Trinajstić information content (AvgIpc) is 2.48.